The van der Waals surface area contributed by atoms with Crippen LogP contribution in [0.1, 0.15) is 30.0 Å². The summed E-state index contributed by atoms with van der Waals surface area (Å²) in [5.41, 5.74) is 5.13. The number of nitrogens with one attached hydrogen (secondary N) is 1. The predicted molar refractivity (Wildman–Crippen MR) is 88.3 cm³/mol. The Morgan fingerprint density at radius 1 is 1.05 bits per heavy atom. The third kappa shape index (κ3) is 3.84. The number of aryl methyl sites for hydroxylation is 2. The Kier molecular flexibility index (Phi) is 5.38. The molecule has 0 bridgehead atoms. The van der Waals surface area contributed by atoms with Crippen molar-refractivity contribution >= 4 is 11.6 Å². The zero-order valence-corrected chi connectivity index (χ0v) is 13.5. The molecule has 0 aliphatic heterocycles. The summed E-state index contributed by atoms with van der Waals surface area (Å²) >= 11 is 6.38. The van der Waals surface area contributed by atoms with E-state index in [4.69, 9.17) is 11.6 Å². The van der Waals surface area contributed by atoms with E-state index in [2.05, 4.69) is 12.2 Å². The summed E-state index contributed by atoms with van der Waals surface area (Å²) in [6.07, 6.45) is 1.07. The molecule has 0 aliphatic rings. The summed E-state index contributed by atoms with van der Waals surface area (Å²) < 4.78 is 13.7. The Hall–Kier alpha value is -1.38. The lowest BCUT2D eigenvalue weighted by molar-refractivity contribution is 0.625. The highest BCUT2D eigenvalue weighted by Gasteiger charge is 2.11. The molecule has 2 rings (SSSR count). The van der Waals surface area contributed by atoms with Gasteiger partial charge in [0, 0.05) is 17.1 Å². The van der Waals surface area contributed by atoms with Crippen molar-refractivity contribution in [1.82, 2.24) is 5.32 Å². The van der Waals surface area contributed by atoms with Gasteiger partial charge in [0.05, 0.1) is 0 Å². The summed E-state index contributed by atoms with van der Waals surface area (Å²) in [5, 5.41) is 4.03. The minimum absolute atomic E-state index is 0.237. The standard InChI is InChI=1S/C18H21ClFN/c1-4-7-21-11-14-5-6-15(20)10-16(14)17-8-12(2)13(3)9-18(17)19/h5-6,8-10,21H,4,7,11H2,1-3H3. The maximum Gasteiger partial charge on any atom is 0.123 e. The van der Waals surface area contributed by atoms with Crippen LogP contribution in [0.3, 0.4) is 0 Å². The van der Waals surface area contributed by atoms with E-state index >= 15 is 0 Å². The summed E-state index contributed by atoms with van der Waals surface area (Å²) in [6, 6.07) is 8.88. The fraction of sp³-hybridized carbons (Fsp3) is 0.333. The van der Waals surface area contributed by atoms with E-state index in [1.54, 1.807) is 6.07 Å². The molecule has 21 heavy (non-hydrogen) atoms. The van der Waals surface area contributed by atoms with Gasteiger partial charge in [-0.1, -0.05) is 24.6 Å². The van der Waals surface area contributed by atoms with Gasteiger partial charge < -0.3 is 5.32 Å². The molecular weight excluding hydrogens is 285 g/mol. The maximum atomic E-state index is 13.7. The minimum Gasteiger partial charge on any atom is -0.313 e. The zero-order chi connectivity index (χ0) is 15.4. The van der Waals surface area contributed by atoms with E-state index in [-0.39, 0.29) is 5.82 Å². The van der Waals surface area contributed by atoms with Crippen molar-refractivity contribution < 1.29 is 4.39 Å². The number of halogens is 2. The molecule has 0 fully saturated rings. The Balaban J connectivity index is 2.46. The largest absolute Gasteiger partial charge is 0.313 e. The summed E-state index contributed by atoms with van der Waals surface area (Å²) in [6.45, 7) is 7.85. The van der Waals surface area contributed by atoms with Crippen LogP contribution < -0.4 is 5.32 Å². The van der Waals surface area contributed by atoms with Crippen LogP contribution in [0.2, 0.25) is 5.02 Å². The monoisotopic (exact) mass is 305 g/mol. The van der Waals surface area contributed by atoms with Gasteiger partial charge in [-0.25, -0.2) is 4.39 Å². The van der Waals surface area contributed by atoms with Crippen LogP contribution >= 0.6 is 11.6 Å². The molecule has 0 heterocycles. The smallest absolute Gasteiger partial charge is 0.123 e. The van der Waals surface area contributed by atoms with Gasteiger partial charge in [-0.15, -0.1) is 0 Å². The Morgan fingerprint density at radius 3 is 2.48 bits per heavy atom. The SMILES string of the molecule is CCCNCc1ccc(F)cc1-c1cc(C)c(C)cc1Cl. The molecule has 1 N–H and O–H groups in total. The van der Waals surface area contributed by atoms with E-state index in [0.717, 1.165) is 40.8 Å². The van der Waals surface area contributed by atoms with Crippen molar-refractivity contribution in [2.75, 3.05) is 6.54 Å². The molecule has 0 atom stereocenters. The van der Waals surface area contributed by atoms with Crippen molar-refractivity contribution in [3.8, 4) is 11.1 Å². The van der Waals surface area contributed by atoms with Crippen LogP contribution in [0.25, 0.3) is 11.1 Å². The molecule has 2 aromatic rings. The van der Waals surface area contributed by atoms with Crippen molar-refractivity contribution in [2.45, 2.75) is 33.7 Å². The fourth-order valence-electron chi connectivity index (χ4n) is 2.34. The molecule has 2 aromatic carbocycles. The third-order valence-electron chi connectivity index (χ3n) is 3.69. The van der Waals surface area contributed by atoms with Gasteiger partial charge in [0.2, 0.25) is 0 Å². The van der Waals surface area contributed by atoms with Crippen LogP contribution in [0.4, 0.5) is 4.39 Å². The second-order valence-corrected chi connectivity index (χ2v) is 5.80. The topological polar surface area (TPSA) is 12.0 Å². The normalized spacial score (nSPS) is 10.9. The zero-order valence-electron chi connectivity index (χ0n) is 12.8. The average Bonchev–Trinajstić information content (AvgIpc) is 2.45. The highest BCUT2D eigenvalue weighted by molar-refractivity contribution is 6.33. The summed E-state index contributed by atoms with van der Waals surface area (Å²) in [7, 11) is 0. The lowest BCUT2D eigenvalue weighted by Gasteiger charge is -2.14. The molecule has 0 saturated heterocycles. The molecule has 0 spiro atoms. The van der Waals surface area contributed by atoms with Crippen LogP contribution in [-0.2, 0) is 6.54 Å². The van der Waals surface area contributed by atoms with Gasteiger partial charge in [0.15, 0.2) is 0 Å². The van der Waals surface area contributed by atoms with E-state index in [0.29, 0.717) is 11.6 Å². The van der Waals surface area contributed by atoms with Crippen LogP contribution in [0.15, 0.2) is 30.3 Å². The first-order chi connectivity index (χ1) is 10.0. The molecule has 0 radical (unpaired) electrons. The number of rotatable bonds is 5. The Labute approximate surface area is 131 Å². The van der Waals surface area contributed by atoms with Gasteiger partial charge in [-0.3, -0.25) is 0 Å². The number of benzene rings is 2. The first kappa shape index (κ1) is 16.0. The van der Waals surface area contributed by atoms with E-state index in [1.807, 2.05) is 32.0 Å². The van der Waals surface area contributed by atoms with Crippen LogP contribution in [-0.4, -0.2) is 6.54 Å². The second kappa shape index (κ2) is 7.06. The molecular formula is C18H21ClFN. The van der Waals surface area contributed by atoms with Crippen LogP contribution in [0.5, 0.6) is 0 Å². The summed E-state index contributed by atoms with van der Waals surface area (Å²) in [5.74, 6) is -0.237. The molecule has 0 amide bonds. The minimum atomic E-state index is -0.237. The lowest BCUT2D eigenvalue weighted by Crippen LogP contribution is -2.14. The van der Waals surface area contributed by atoms with Crippen molar-refractivity contribution in [3.05, 3.63) is 57.9 Å². The van der Waals surface area contributed by atoms with E-state index in [1.165, 1.54) is 6.07 Å². The quantitative estimate of drug-likeness (QED) is 0.743. The third-order valence-corrected chi connectivity index (χ3v) is 4.00. The van der Waals surface area contributed by atoms with Gasteiger partial charge >= 0.3 is 0 Å². The number of hydrogen-bond acceptors (Lipinski definition) is 1. The maximum absolute atomic E-state index is 13.7. The van der Waals surface area contributed by atoms with Crippen molar-refractivity contribution in [1.29, 1.82) is 0 Å². The highest BCUT2D eigenvalue weighted by atomic mass is 35.5. The Bertz CT molecular complexity index is 637. The van der Waals surface area contributed by atoms with Crippen LogP contribution in [0, 0.1) is 19.7 Å². The molecule has 0 saturated carbocycles. The average molecular weight is 306 g/mol. The first-order valence-electron chi connectivity index (χ1n) is 7.29. The Morgan fingerprint density at radius 2 is 1.76 bits per heavy atom. The molecule has 0 aromatic heterocycles. The van der Waals surface area contributed by atoms with Crippen molar-refractivity contribution in [2.24, 2.45) is 0 Å². The molecule has 112 valence electrons. The van der Waals surface area contributed by atoms with Gasteiger partial charge in [-0.2, -0.15) is 0 Å². The highest BCUT2D eigenvalue weighted by Crippen LogP contribution is 2.33. The lowest BCUT2D eigenvalue weighted by atomic mass is 9.96. The van der Waals surface area contributed by atoms with Gasteiger partial charge in [0.25, 0.3) is 0 Å². The molecule has 0 aliphatic carbocycles. The fourth-order valence-corrected chi connectivity index (χ4v) is 2.66. The molecule has 0 unspecified atom stereocenters. The second-order valence-electron chi connectivity index (χ2n) is 5.39. The number of hydrogen-bond donors (Lipinski definition) is 1. The first-order valence-corrected chi connectivity index (χ1v) is 7.67. The van der Waals surface area contributed by atoms with Gasteiger partial charge in [-0.05, 0) is 73.3 Å². The molecule has 3 heteroatoms. The molecule has 1 nitrogen and oxygen atoms in total. The predicted octanol–water partition coefficient (Wildman–Crippen LogP) is 5.26. The van der Waals surface area contributed by atoms with E-state index < -0.39 is 0 Å². The summed E-state index contributed by atoms with van der Waals surface area (Å²) in [4.78, 5) is 0. The van der Waals surface area contributed by atoms with Crippen molar-refractivity contribution in [3.63, 3.8) is 0 Å². The van der Waals surface area contributed by atoms with Gasteiger partial charge in [0.1, 0.15) is 5.82 Å². The van der Waals surface area contributed by atoms with E-state index in [9.17, 15) is 4.39 Å².